The van der Waals surface area contributed by atoms with Crippen molar-refractivity contribution in [3.63, 3.8) is 0 Å². The zero-order valence-electron chi connectivity index (χ0n) is 9.93. The minimum atomic E-state index is -0.629. The van der Waals surface area contributed by atoms with Gasteiger partial charge in [0.2, 0.25) is 0 Å². The Balaban J connectivity index is 3.97. The second-order valence-corrected chi connectivity index (χ2v) is 4.40. The molecule has 0 saturated carbocycles. The SMILES string of the molecule is C=C(CNC)CN(CC)CC(C)(C)O. The Hall–Kier alpha value is -0.380. The molecule has 0 saturated heterocycles. The fourth-order valence-corrected chi connectivity index (χ4v) is 1.45. The van der Waals surface area contributed by atoms with Gasteiger partial charge in [-0.1, -0.05) is 13.5 Å². The Morgan fingerprint density at radius 2 is 2.07 bits per heavy atom. The number of rotatable bonds is 7. The average molecular weight is 200 g/mol. The van der Waals surface area contributed by atoms with Gasteiger partial charge in [0, 0.05) is 19.6 Å². The largest absolute Gasteiger partial charge is 0.389 e. The molecule has 0 heterocycles. The van der Waals surface area contributed by atoms with Crippen molar-refractivity contribution in [2.45, 2.75) is 26.4 Å². The first kappa shape index (κ1) is 13.6. The molecular weight excluding hydrogens is 176 g/mol. The predicted molar refractivity (Wildman–Crippen MR) is 61.5 cm³/mol. The topological polar surface area (TPSA) is 35.5 Å². The fraction of sp³-hybridized carbons (Fsp3) is 0.818. The Morgan fingerprint density at radius 3 is 2.43 bits per heavy atom. The van der Waals surface area contributed by atoms with E-state index in [1.165, 1.54) is 0 Å². The zero-order valence-corrected chi connectivity index (χ0v) is 9.93. The maximum atomic E-state index is 9.68. The van der Waals surface area contributed by atoms with Crippen molar-refractivity contribution in [3.05, 3.63) is 12.2 Å². The van der Waals surface area contributed by atoms with E-state index in [-0.39, 0.29) is 0 Å². The van der Waals surface area contributed by atoms with E-state index in [0.717, 1.165) is 25.2 Å². The van der Waals surface area contributed by atoms with Gasteiger partial charge in [-0.3, -0.25) is 4.90 Å². The molecule has 0 bridgehead atoms. The lowest BCUT2D eigenvalue weighted by atomic mass is 10.1. The van der Waals surface area contributed by atoms with Gasteiger partial charge in [-0.2, -0.15) is 0 Å². The summed E-state index contributed by atoms with van der Waals surface area (Å²) in [7, 11) is 1.91. The lowest BCUT2D eigenvalue weighted by molar-refractivity contribution is 0.0408. The van der Waals surface area contributed by atoms with Crippen LogP contribution in [0.4, 0.5) is 0 Å². The van der Waals surface area contributed by atoms with E-state index in [0.29, 0.717) is 6.54 Å². The molecule has 0 aliphatic heterocycles. The third-order valence-electron chi connectivity index (χ3n) is 1.93. The summed E-state index contributed by atoms with van der Waals surface area (Å²) >= 11 is 0. The lowest BCUT2D eigenvalue weighted by Gasteiger charge is -2.28. The van der Waals surface area contributed by atoms with Crippen LogP contribution in [0.25, 0.3) is 0 Å². The molecule has 0 aromatic rings. The van der Waals surface area contributed by atoms with Gasteiger partial charge < -0.3 is 10.4 Å². The normalized spacial score (nSPS) is 12.1. The smallest absolute Gasteiger partial charge is 0.0718 e. The van der Waals surface area contributed by atoms with Crippen LogP contribution in [-0.2, 0) is 0 Å². The van der Waals surface area contributed by atoms with Crippen molar-refractivity contribution >= 4 is 0 Å². The minimum Gasteiger partial charge on any atom is -0.389 e. The van der Waals surface area contributed by atoms with Crippen LogP contribution in [0.5, 0.6) is 0 Å². The Kier molecular flexibility index (Phi) is 6.00. The summed E-state index contributed by atoms with van der Waals surface area (Å²) in [6.45, 7) is 13.0. The molecule has 3 heteroatoms. The highest BCUT2D eigenvalue weighted by Crippen LogP contribution is 2.06. The molecule has 0 unspecified atom stereocenters. The Labute approximate surface area is 87.8 Å². The maximum absolute atomic E-state index is 9.68. The van der Waals surface area contributed by atoms with Crippen molar-refractivity contribution in [1.29, 1.82) is 0 Å². The third kappa shape index (κ3) is 7.06. The van der Waals surface area contributed by atoms with Crippen LogP contribution in [0.2, 0.25) is 0 Å². The monoisotopic (exact) mass is 200 g/mol. The van der Waals surface area contributed by atoms with Crippen molar-refractivity contribution in [3.8, 4) is 0 Å². The molecule has 0 rings (SSSR count). The van der Waals surface area contributed by atoms with Crippen LogP contribution in [0, 0.1) is 0 Å². The van der Waals surface area contributed by atoms with E-state index in [1.807, 2.05) is 20.9 Å². The van der Waals surface area contributed by atoms with E-state index in [4.69, 9.17) is 0 Å². The molecule has 84 valence electrons. The second-order valence-electron chi connectivity index (χ2n) is 4.40. The van der Waals surface area contributed by atoms with Crippen molar-refractivity contribution in [2.75, 3.05) is 33.2 Å². The van der Waals surface area contributed by atoms with Crippen LogP contribution in [0.15, 0.2) is 12.2 Å². The van der Waals surface area contributed by atoms with Gasteiger partial charge in [0.05, 0.1) is 5.60 Å². The quantitative estimate of drug-likeness (QED) is 0.598. The first-order valence-electron chi connectivity index (χ1n) is 5.15. The summed E-state index contributed by atoms with van der Waals surface area (Å²) < 4.78 is 0. The Bertz CT molecular complexity index is 173. The predicted octanol–water partition coefficient (Wildman–Crippen LogP) is 0.855. The number of aliphatic hydroxyl groups is 1. The lowest BCUT2D eigenvalue weighted by Crippen LogP contribution is -2.40. The first-order chi connectivity index (χ1) is 6.39. The molecule has 2 N–H and O–H groups in total. The first-order valence-corrected chi connectivity index (χ1v) is 5.15. The molecule has 0 radical (unpaired) electrons. The van der Waals surface area contributed by atoms with Crippen LogP contribution in [-0.4, -0.2) is 48.8 Å². The number of likely N-dealkylation sites (N-methyl/N-ethyl adjacent to an activating group) is 2. The van der Waals surface area contributed by atoms with Crippen molar-refractivity contribution in [2.24, 2.45) is 0 Å². The van der Waals surface area contributed by atoms with Crippen LogP contribution < -0.4 is 5.32 Å². The summed E-state index contributed by atoms with van der Waals surface area (Å²) in [4.78, 5) is 2.19. The van der Waals surface area contributed by atoms with E-state index in [9.17, 15) is 5.11 Å². The van der Waals surface area contributed by atoms with Crippen LogP contribution in [0.3, 0.4) is 0 Å². The number of hydrogen-bond donors (Lipinski definition) is 2. The molecule has 0 aliphatic rings. The van der Waals surface area contributed by atoms with Gasteiger partial charge in [-0.05, 0) is 33.0 Å². The third-order valence-corrected chi connectivity index (χ3v) is 1.93. The summed E-state index contributed by atoms with van der Waals surface area (Å²) in [5, 5.41) is 12.7. The highest BCUT2D eigenvalue weighted by Gasteiger charge is 2.17. The molecule has 0 aromatic heterocycles. The van der Waals surface area contributed by atoms with E-state index in [1.54, 1.807) is 0 Å². The average Bonchev–Trinajstić information content (AvgIpc) is 2.01. The van der Waals surface area contributed by atoms with E-state index >= 15 is 0 Å². The maximum Gasteiger partial charge on any atom is 0.0718 e. The standard InChI is InChI=1S/C11H24N2O/c1-6-13(9-11(3,4)14)8-10(2)7-12-5/h12,14H,2,6-9H2,1,3-5H3. The molecule has 0 spiro atoms. The Morgan fingerprint density at radius 1 is 1.50 bits per heavy atom. The molecule has 0 amide bonds. The van der Waals surface area contributed by atoms with Gasteiger partial charge >= 0.3 is 0 Å². The molecule has 0 aromatic carbocycles. The van der Waals surface area contributed by atoms with Crippen LogP contribution in [0.1, 0.15) is 20.8 Å². The fourth-order valence-electron chi connectivity index (χ4n) is 1.45. The number of nitrogens with one attached hydrogen (secondary N) is 1. The number of hydrogen-bond acceptors (Lipinski definition) is 3. The second kappa shape index (κ2) is 6.17. The highest BCUT2D eigenvalue weighted by atomic mass is 16.3. The van der Waals surface area contributed by atoms with Gasteiger partial charge in [0.15, 0.2) is 0 Å². The van der Waals surface area contributed by atoms with E-state index in [2.05, 4.69) is 23.7 Å². The summed E-state index contributed by atoms with van der Waals surface area (Å²) in [6, 6.07) is 0. The van der Waals surface area contributed by atoms with Gasteiger partial charge in [-0.15, -0.1) is 0 Å². The summed E-state index contributed by atoms with van der Waals surface area (Å²) in [5.41, 5.74) is 0.522. The molecule has 0 fully saturated rings. The van der Waals surface area contributed by atoms with E-state index < -0.39 is 5.60 Å². The molecule has 0 aliphatic carbocycles. The van der Waals surface area contributed by atoms with Crippen molar-refractivity contribution < 1.29 is 5.11 Å². The summed E-state index contributed by atoms with van der Waals surface area (Å²) in [6.07, 6.45) is 0. The van der Waals surface area contributed by atoms with Gasteiger partial charge in [0.25, 0.3) is 0 Å². The van der Waals surface area contributed by atoms with Gasteiger partial charge in [0.1, 0.15) is 0 Å². The molecule has 3 nitrogen and oxygen atoms in total. The molecule has 14 heavy (non-hydrogen) atoms. The summed E-state index contributed by atoms with van der Waals surface area (Å²) in [5.74, 6) is 0. The number of nitrogens with zero attached hydrogens (tertiary/aromatic N) is 1. The highest BCUT2D eigenvalue weighted by molar-refractivity contribution is 4.99. The van der Waals surface area contributed by atoms with Crippen molar-refractivity contribution in [1.82, 2.24) is 10.2 Å². The minimum absolute atomic E-state index is 0.629. The molecule has 0 atom stereocenters. The van der Waals surface area contributed by atoms with Gasteiger partial charge in [-0.25, -0.2) is 0 Å². The molecular formula is C11H24N2O. The van der Waals surface area contributed by atoms with Crippen LogP contribution >= 0.6 is 0 Å². The zero-order chi connectivity index (χ0) is 11.2.